The van der Waals surface area contributed by atoms with E-state index in [0.717, 1.165) is 30.7 Å². The summed E-state index contributed by atoms with van der Waals surface area (Å²) in [6.07, 6.45) is 2.74. The predicted octanol–water partition coefficient (Wildman–Crippen LogP) is 4.78. The highest BCUT2D eigenvalue weighted by Gasteiger charge is 2.33. The minimum Gasteiger partial charge on any atom is -0.344 e. The molecule has 1 aliphatic rings. The van der Waals surface area contributed by atoms with Crippen LogP contribution < -0.4 is 0 Å². The molecule has 0 bridgehead atoms. The Hall–Kier alpha value is -1.85. The molecule has 1 aliphatic carbocycles. The fourth-order valence-electron chi connectivity index (χ4n) is 2.96. The molecule has 3 rings (SSSR count). The maximum absolute atomic E-state index is 12.6. The molecule has 2 aromatic rings. The van der Waals surface area contributed by atoms with Gasteiger partial charge in [0.2, 0.25) is 0 Å². The highest BCUT2D eigenvalue weighted by molar-refractivity contribution is 5.54. The molecule has 0 aliphatic heterocycles. The minimum absolute atomic E-state index is 0.198. The van der Waals surface area contributed by atoms with Gasteiger partial charge in [0.1, 0.15) is 5.82 Å². The number of pyridine rings is 1. The van der Waals surface area contributed by atoms with Gasteiger partial charge in [0.05, 0.1) is 0 Å². The van der Waals surface area contributed by atoms with E-state index < -0.39 is 11.9 Å². The van der Waals surface area contributed by atoms with Crippen LogP contribution in [0.25, 0.3) is 11.4 Å². The number of alkyl halides is 3. The lowest BCUT2D eigenvalue weighted by Gasteiger charge is -2.25. The van der Waals surface area contributed by atoms with Crippen molar-refractivity contribution in [2.24, 2.45) is 5.92 Å². The standard InChI is InChI=1S/C16H18F3N3/c1-10-2-4-11(5-3-10)13-7-6-12(8-20-13)15-21-9-14(22-15)16(17,18)19/h6-11H,2-5H2,1H3,(H,21,22). The van der Waals surface area contributed by atoms with Crippen molar-refractivity contribution in [1.82, 2.24) is 15.0 Å². The zero-order valence-corrected chi connectivity index (χ0v) is 12.3. The Labute approximate surface area is 127 Å². The third kappa shape index (κ3) is 3.15. The van der Waals surface area contributed by atoms with E-state index in [9.17, 15) is 13.2 Å². The number of rotatable bonds is 2. The van der Waals surface area contributed by atoms with Crippen molar-refractivity contribution in [1.29, 1.82) is 0 Å². The van der Waals surface area contributed by atoms with Crippen molar-refractivity contribution < 1.29 is 13.2 Å². The number of aromatic nitrogens is 3. The van der Waals surface area contributed by atoms with Crippen LogP contribution in [0.1, 0.15) is 49.9 Å². The number of halogens is 3. The largest absolute Gasteiger partial charge is 0.434 e. The second kappa shape index (κ2) is 5.74. The van der Waals surface area contributed by atoms with Crippen LogP contribution in [0.5, 0.6) is 0 Å². The summed E-state index contributed by atoms with van der Waals surface area (Å²) in [5.41, 5.74) is 0.689. The first-order valence-electron chi connectivity index (χ1n) is 7.52. The van der Waals surface area contributed by atoms with E-state index in [-0.39, 0.29) is 5.82 Å². The Morgan fingerprint density at radius 2 is 1.86 bits per heavy atom. The monoisotopic (exact) mass is 309 g/mol. The zero-order chi connectivity index (χ0) is 15.7. The summed E-state index contributed by atoms with van der Waals surface area (Å²) in [5, 5.41) is 0. The van der Waals surface area contributed by atoms with Crippen LogP contribution in [0.4, 0.5) is 13.2 Å². The molecule has 2 heterocycles. The fourth-order valence-corrected chi connectivity index (χ4v) is 2.96. The highest BCUT2D eigenvalue weighted by atomic mass is 19.4. The fraction of sp³-hybridized carbons (Fsp3) is 0.500. The first-order chi connectivity index (χ1) is 10.4. The number of nitrogens with one attached hydrogen (secondary N) is 1. The maximum Gasteiger partial charge on any atom is 0.434 e. The molecule has 1 N–H and O–H groups in total. The quantitative estimate of drug-likeness (QED) is 0.867. The van der Waals surface area contributed by atoms with Crippen LogP contribution >= 0.6 is 0 Å². The minimum atomic E-state index is -4.43. The Kier molecular flexibility index (Phi) is 3.93. The molecule has 118 valence electrons. The van der Waals surface area contributed by atoms with E-state index in [0.29, 0.717) is 11.5 Å². The molecule has 0 unspecified atom stereocenters. The van der Waals surface area contributed by atoms with Crippen LogP contribution in [-0.2, 0) is 6.18 Å². The average molecular weight is 309 g/mol. The lowest BCUT2D eigenvalue weighted by molar-refractivity contribution is -0.140. The normalized spacial score (nSPS) is 22.7. The van der Waals surface area contributed by atoms with Gasteiger partial charge in [0.15, 0.2) is 5.69 Å². The molecule has 1 saturated carbocycles. The van der Waals surface area contributed by atoms with Crippen LogP contribution in [0.2, 0.25) is 0 Å². The van der Waals surface area contributed by atoms with Crippen molar-refractivity contribution in [2.45, 2.75) is 44.7 Å². The lowest BCUT2D eigenvalue weighted by atomic mass is 9.81. The zero-order valence-electron chi connectivity index (χ0n) is 12.3. The van der Waals surface area contributed by atoms with Crippen molar-refractivity contribution in [3.05, 3.63) is 35.9 Å². The number of imidazole rings is 1. The van der Waals surface area contributed by atoms with Gasteiger partial charge in [-0.05, 0) is 30.9 Å². The van der Waals surface area contributed by atoms with Crippen molar-refractivity contribution >= 4 is 0 Å². The van der Waals surface area contributed by atoms with Gasteiger partial charge in [-0.3, -0.25) is 4.98 Å². The predicted molar refractivity (Wildman–Crippen MR) is 77.2 cm³/mol. The molecule has 0 spiro atoms. The van der Waals surface area contributed by atoms with Gasteiger partial charge in [-0.15, -0.1) is 0 Å². The summed E-state index contributed by atoms with van der Waals surface area (Å²) in [6.45, 7) is 2.27. The summed E-state index contributed by atoms with van der Waals surface area (Å²) >= 11 is 0. The van der Waals surface area contributed by atoms with Crippen LogP contribution in [0.15, 0.2) is 24.5 Å². The second-order valence-electron chi connectivity index (χ2n) is 6.06. The van der Waals surface area contributed by atoms with E-state index in [1.165, 1.54) is 12.8 Å². The number of H-pyrrole nitrogens is 1. The molecule has 22 heavy (non-hydrogen) atoms. The van der Waals surface area contributed by atoms with Crippen molar-refractivity contribution in [3.8, 4) is 11.4 Å². The molecular formula is C16H18F3N3. The second-order valence-corrected chi connectivity index (χ2v) is 6.06. The summed E-state index contributed by atoms with van der Waals surface area (Å²) in [6, 6.07) is 3.70. The molecular weight excluding hydrogens is 291 g/mol. The first kappa shape index (κ1) is 15.1. The number of nitrogens with zero attached hydrogens (tertiary/aromatic N) is 2. The molecule has 0 amide bonds. The van der Waals surface area contributed by atoms with Crippen LogP contribution in [-0.4, -0.2) is 15.0 Å². The molecule has 0 aromatic carbocycles. The Morgan fingerprint density at radius 3 is 2.41 bits per heavy atom. The third-order valence-electron chi connectivity index (χ3n) is 4.36. The van der Waals surface area contributed by atoms with Crippen LogP contribution in [0, 0.1) is 5.92 Å². The van der Waals surface area contributed by atoms with Gasteiger partial charge in [-0.1, -0.05) is 19.8 Å². The topological polar surface area (TPSA) is 41.6 Å². The average Bonchev–Trinajstić information content (AvgIpc) is 2.98. The van der Waals surface area contributed by atoms with E-state index in [2.05, 4.69) is 21.9 Å². The van der Waals surface area contributed by atoms with Gasteiger partial charge in [0, 0.05) is 29.6 Å². The number of aromatic amines is 1. The van der Waals surface area contributed by atoms with E-state index in [1.54, 1.807) is 12.3 Å². The highest BCUT2D eigenvalue weighted by Crippen LogP contribution is 2.35. The molecule has 0 radical (unpaired) electrons. The molecule has 2 aromatic heterocycles. The van der Waals surface area contributed by atoms with Crippen molar-refractivity contribution in [2.75, 3.05) is 0 Å². The van der Waals surface area contributed by atoms with Crippen molar-refractivity contribution in [3.63, 3.8) is 0 Å². The number of hydrogen-bond donors (Lipinski definition) is 1. The van der Waals surface area contributed by atoms with E-state index in [4.69, 9.17) is 0 Å². The van der Waals surface area contributed by atoms with Gasteiger partial charge >= 0.3 is 6.18 Å². The molecule has 6 heteroatoms. The van der Waals surface area contributed by atoms with Crippen LogP contribution in [0.3, 0.4) is 0 Å². The SMILES string of the molecule is CC1CCC(c2ccc(-c3nc(C(F)(F)F)c[nH]3)cn2)CC1. The number of hydrogen-bond acceptors (Lipinski definition) is 2. The molecule has 0 atom stereocenters. The first-order valence-corrected chi connectivity index (χ1v) is 7.52. The summed E-state index contributed by atoms with van der Waals surface area (Å²) in [7, 11) is 0. The summed E-state index contributed by atoms with van der Waals surface area (Å²) in [5.74, 6) is 1.44. The summed E-state index contributed by atoms with van der Waals surface area (Å²) < 4.78 is 37.7. The Balaban J connectivity index is 1.75. The lowest BCUT2D eigenvalue weighted by Crippen LogP contribution is -2.11. The third-order valence-corrected chi connectivity index (χ3v) is 4.36. The van der Waals surface area contributed by atoms with E-state index in [1.807, 2.05) is 6.07 Å². The Bertz CT molecular complexity index is 623. The van der Waals surface area contributed by atoms with Gasteiger partial charge < -0.3 is 4.98 Å². The van der Waals surface area contributed by atoms with E-state index >= 15 is 0 Å². The molecule has 1 fully saturated rings. The Morgan fingerprint density at radius 1 is 1.14 bits per heavy atom. The maximum atomic E-state index is 12.6. The van der Waals surface area contributed by atoms with Gasteiger partial charge in [-0.25, -0.2) is 4.98 Å². The smallest absolute Gasteiger partial charge is 0.344 e. The molecule has 0 saturated heterocycles. The summed E-state index contributed by atoms with van der Waals surface area (Å²) in [4.78, 5) is 10.6. The van der Waals surface area contributed by atoms with Gasteiger partial charge in [-0.2, -0.15) is 13.2 Å². The molecule has 3 nitrogen and oxygen atoms in total. The van der Waals surface area contributed by atoms with Gasteiger partial charge in [0.25, 0.3) is 0 Å².